The van der Waals surface area contributed by atoms with E-state index in [1.54, 1.807) is 42.1 Å². The summed E-state index contributed by atoms with van der Waals surface area (Å²) in [6.07, 6.45) is 2.38. The molecule has 37 heavy (non-hydrogen) atoms. The fraction of sp³-hybridized carbons (Fsp3) is 0.375. The number of thiazole rings is 1. The van der Waals surface area contributed by atoms with Gasteiger partial charge in [0, 0.05) is 30.6 Å². The number of ether oxygens (including phenoxy) is 3. The molecule has 0 spiro atoms. The van der Waals surface area contributed by atoms with Gasteiger partial charge in [0.25, 0.3) is 0 Å². The van der Waals surface area contributed by atoms with Crippen molar-refractivity contribution >= 4 is 21.2 Å². The van der Waals surface area contributed by atoms with Crippen LogP contribution in [0.3, 0.4) is 0 Å². The van der Waals surface area contributed by atoms with Crippen LogP contribution in [-0.2, 0) is 20.3 Å². The van der Waals surface area contributed by atoms with Crippen LogP contribution in [0.5, 0.6) is 11.5 Å². The number of nitrogens with zero attached hydrogens (tertiary/aromatic N) is 6. The first-order valence-corrected chi connectivity index (χ1v) is 13.9. The Morgan fingerprint density at radius 2 is 1.68 bits per heavy atom. The highest BCUT2D eigenvalue weighted by Crippen LogP contribution is 2.37. The highest BCUT2D eigenvalue weighted by Gasteiger charge is 2.35. The molecule has 0 aliphatic heterocycles. The molecule has 0 N–H and O–H groups in total. The third-order valence-corrected chi connectivity index (χ3v) is 8.79. The van der Waals surface area contributed by atoms with Gasteiger partial charge in [0.2, 0.25) is 0 Å². The van der Waals surface area contributed by atoms with Crippen LogP contribution >= 0.6 is 11.3 Å². The minimum atomic E-state index is -3.84. The molecular formula is C24H28N6O5S2. The Kier molecular flexibility index (Phi) is 7.85. The molecule has 0 aliphatic carbocycles. The normalized spacial score (nSPS) is 13.4. The standard InChI is InChI=1S/C24H28N6O5S2/c1-14-10-25-22(26-11-14)21(35-6)16(3)37(31,32)13-19-28-29-23(24-27-15(2)12-36-24)30(19)20-17(33-4)8-7-9-18(20)34-5/h7-12,16,21H,13H2,1-6H3/t16-,21+/m1/s1. The third kappa shape index (κ3) is 5.33. The van der Waals surface area contributed by atoms with Crippen LogP contribution in [0.4, 0.5) is 0 Å². The molecule has 13 heteroatoms. The number of methoxy groups -OCH3 is 3. The zero-order chi connectivity index (χ0) is 26.7. The second kappa shape index (κ2) is 10.9. The van der Waals surface area contributed by atoms with Crippen molar-refractivity contribution in [1.29, 1.82) is 0 Å². The van der Waals surface area contributed by atoms with Gasteiger partial charge in [-0.15, -0.1) is 21.5 Å². The Bertz CT molecular complexity index is 1460. The maximum atomic E-state index is 13.7. The lowest BCUT2D eigenvalue weighted by Gasteiger charge is -2.22. The van der Waals surface area contributed by atoms with Crippen molar-refractivity contribution < 1.29 is 22.6 Å². The molecule has 1 aromatic carbocycles. The van der Waals surface area contributed by atoms with Gasteiger partial charge in [0.15, 0.2) is 32.3 Å². The molecule has 4 rings (SSSR count). The van der Waals surface area contributed by atoms with Crippen molar-refractivity contribution in [2.75, 3.05) is 21.3 Å². The minimum absolute atomic E-state index is 0.178. The van der Waals surface area contributed by atoms with E-state index in [1.807, 2.05) is 19.2 Å². The van der Waals surface area contributed by atoms with Crippen LogP contribution in [0.1, 0.15) is 35.9 Å². The average molecular weight is 545 g/mol. The molecule has 3 heterocycles. The monoisotopic (exact) mass is 544 g/mol. The summed E-state index contributed by atoms with van der Waals surface area (Å²) in [6.45, 7) is 5.30. The lowest BCUT2D eigenvalue weighted by molar-refractivity contribution is 0.0947. The van der Waals surface area contributed by atoms with Crippen molar-refractivity contribution in [1.82, 2.24) is 29.7 Å². The number of aryl methyl sites for hydroxylation is 2. The first kappa shape index (κ1) is 26.6. The van der Waals surface area contributed by atoms with E-state index in [-0.39, 0.29) is 11.6 Å². The fourth-order valence-electron chi connectivity index (χ4n) is 3.85. The van der Waals surface area contributed by atoms with Crippen LogP contribution in [0.25, 0.3) is 16.5 Å². The molecule has 0 amide bonds. The Morgan fingerprint density at radius 1 is 1.03 bits per heavy atom. The number of para-hydroxylation sites is 1. The molecule has 3 aromatic heterocycles. The number of sulfone groups is 1. The van der Waals surface area contributed by atoms with Gasteiger partial charge in [-0.2, -0.15) is 0 Å². The van der Waals surface area contributed by atoms with Gasteiger partial charge >= 0.3 is 0 Å². The zero-order valence-corrected chi connectivity index (χ0v) is 23.0. The molecule has 0 bridgehead atoms. The summed E-state index contributed by atoms with van der Waals surface area (Å²) >= 11 is 1.38. The van der Waals surface area contributed by atoms with Crippen molar-refractivity contribution in [2.45, 2.75) is 37.9 Å². The maximum absolute atomic E-state index is 13.7. The second-order valence-corrected chi connectivity index (χ2v) is 11.6. The van der Waals surface area contributed by atoms with Gasteiger partial charge in [0.05, 0.1) is 19.5 Å². The van der Waals surface area contributed by atoms with Gasteiger partial charge < -0.3 is 14.2 Å². The SMILES string of the molecule is COc1cccc(OC)c1-n1c(CS(=O)(=O)[C@H](C)[C@H](OC)c2ncc(C)cn2)nnc1-c1nc(C)cs1. The van der Waals surface area contributed by atoms with Crippen molar-refractivity contribution in [3.63, 3.8) is 0 Å². The van der Waals surface area contributed by atoms with E-state index in [0.717, 1.165) is 11.3 Å². The first-order chi connectivity index (χ1) is 17.7. The van der Waals surface area contributed by atoms with Crippen LogP contribution in [0, 0.1) is 13.8 Å². The van der Waals surface area contributed by atoms with Crippen LogP contribution < -0.4 is 9.47 Å². The quantitative estimate of drug-likeness (QED) is 0.292. The Hall–Kier alpha value is -3.42. The molecule has 2 atom stereocenters. The summed E-state index contributed by atoms with van der Waals surface area (Å²) in [5.74, 6) is 1.34. The first-order valence-electron chi connectivity index (χ1n) is 11.3. The molecule has 0 radical (unpaired) electrons. The van der Waals surface area contributed by atoms with Crippen molar-refractivity contribution in [2.24, 2.45) is 0 Å². The summed E-state index contributed by atoms with van der Waals surface area (Å²) in [4.78, 5) is 13.1. The number of hydrogen-bond acceptors (Lipinski definition) is 11. The largest absolute Gasteiger partial charge is 0.494 e. The van der Waals surface area contributed by atoms with Crippen LogP contribution in [0.2, 0.25) is 0 Å². The summed E-state index contributed by atoms with van der Waals surface area (Å²) in [6, 6.07) is 5.29. The number of aromatic nitrogens is 6. The molecule has 0 fully saturated rings. The van der Waals surface area contributed by atoms with E-state index in [1.165, 1.54) is 32.7 Å². The Morgan fingerprint density at radius 3 is 2.22 bits per heavy atom. The fourth-order valence-corrected chi connectivity index (χ4v) is 6.04. The summed E-state index contributed by atoms with van der Waals surface area (Å²) in [5.41, 5.74) is 2.15. The van der Waals surface area contributed by atoms with E-state index < -0.39 is 26.9 Å². The molecule has 0 saturated heterocycles. The predicted molar refractivity (Wildman–Crippen MR) is 139 cm³/mol. The number of benzene rings is 1. The van der Waals surface area contributed by atoms with Gasteiger partial charge in [-0.05, 0) is 38.5 Å². The molecule has 0 saturated carbocycles. The van der Waals surface area contributed by atoms with E-state index in [0.29, 0.717) is 28.0 Å². The molecule has 11 nitrogen and oxygen atoms in total. The zero-order valence-electron chi connectivity index (χ0n) is 21.4. The second-order valence-electron chi connectivity index (χ2n) is 8.37. The minimum Gasteiger partial charge on any atom is -0.494 e. The average Bonchev–Trinajstić information content (AvgIpc) is 3.50. The predicted octanol–water partition coefficient (Wildman–Crippen LogP) is 3.51. The van der Waals surface area contributed by atoms with E-state index in [4.69, 9.17) is 14.2 Å². The molecule has 196 valence electrons. The third-order valence-electron chi connectivity index (χ3n) is 5.80. The molecule has 0 unspecified atom stereocenters. The topological polar surface area (TPSA) is 131 Å². The van der Waals surface area contributed by atoms with Crippen molar-refractivity contribution in [3.05, 3.63) is 58.9 Å². The highest BCUT2D eigenvalue weighted by molar-refractivity contribution is 7.91. The number of rotatable bonds is 10. The molecule has 0 aliphatic rings. The lowest BCUT2D eigenvalue weighted by atomic mass is 10.2. The van der Waals surface area contributed by atoms with E-state index in [2.05, 4.69) is 25.1 Å². The molecule has 4 aromatic rings. The van der Waals surface area contributed by atoms with Crippen LogP contribution in [0.15, 0.2) is 36.0 Å². The Balaban J connectivity index is 1.82. The highest BCUT2D eigenvalue weighted by atomic mass is 32.2. The smallest absolute Gasteiger partial charge is 0.197 e. The van der Waals surface area contributed by atoms with Gasteiger partial charge in [0.1, 0.15) is 29.0 Å². The summed E-state index contributed by atoms with van der Waals surface area (Å²) < 4.78 is 45.8. The van der Waals surface area contributed by atoms with Gasteiger partial charge in [-0.3, -0.25) is 4.57 Å². The molecular weight excluding hydrogens is 516 g/mol. The number of hydrogen-bond donors (Lipinski definition) is 0. The van der Waals surface area contributed by atoms with Crippen molar-refractivity contribution in [3.8, 4) is 28.0 Å². The lowest BCUT2D eigenvalue weighted by Crippen LogP contribution is -2.30. The Labute approximate surface area is 219 Å². The maximum Gasteiger partial charge on any atom is 0.197 e. The summed E-state index contributed by atoms with van der Waals surface area (Å²) in [5, 5.41) is 10.1. The van der Waals surface area contributed by atoms with E-state index in [9.17, 15) is 8.42 Å². The van der Waals surface area contributed by atoms with Gasteiger partial charge in [-0.25, -0.2) is 23.4 Å². The van der Waals surface area contributed by atoms with E-state index >= 15 is 0 Å². The van der Waals surface area contributed by atoms with Crippen LogP contribution in [-0.4, -0.2) is 64.7 Å². The van der Waals surface area contributed by atoms with Gasteiger partial charge in [-0.1, -0.05) is 6.07 Å². The summed E-state index contributed by atoms with van der Waals surface area (Å²) in [7, 11) is 0.646.